The summed E-state index contributed by atoms with van der Waals surface area (Å²) in [4.78, 5) is 20.3. The minimum atomic E-state index is 0.612. The van der Waals surface area contributed by atoms with Crippen molar-refractivity contribution in [2.75, 3.05) is 0 Å². The van der Waals surface area contributed by atoms with Crippen LogP contribution < -0.4 is 0 Å². The normalized spacial score (nSPS) is 11.6. The van der Waals surface area contributed by atoms with Crippen LogP contribution in [0.5, 0.6) is 0 Å². The minimum Gasteiger partial charge on any atom is -0.436 e. The van der Waals surface area contributed by atoms with E-state index < -0.39 is 0 Å². The molecule has 50 heavy (non-hydrogen) atoms. The number of hydrogen-bond donors (Lipinski definition) is 0. The molecule has 10 rings (SSSR count). The van der Waals surface area contributed by atoms with Crippen LogP contribution in [0.2, 0.25) is 0 Å². The van der Waals surface area contributed by atoms with E-state index >= 15 is 0 Å². The third kappa shape index (κ3) is 4.77. The molecule has 0 atom stereocenters. The summed E-state index contributed by atoms with van der Waals surface area (Å²) in [7, 11) is 0. The number of benzene rings is 7. The Labute approximate surface area is 291 Å². The van der Waals surface area contributed by atoms with E-state index in [1.807, 2.05) is 91.0 Å². The molecule has 0 saturated carbocycles. The lowest BCUT2D eigenvalue weighted by atomic mass is 9.95. The van der Waals surface area contributed by atoms with Crippen LogP contribution in [0.4, 0.5) is 0 Å². The van der Waals surface area contributed by atoms with Gasteiger partial charge in [-0.05, 0) is 52.7 Å². The van der Waals surface area contributed by atoms with Crippen molar-refractivity contribution in [3.63, 3.8) is 0 Å². The first kappa shape index (κ1) is 28.5. The second-order valence-corrected chi connectivity index (χ2v) is 13.3. The Morgan fingerprint density at radius 2 is 1.02 bits per heavy atom. The molecular weight excluding hydrogens is 633 g/mol. The van der Waals surface area contributed by atoms with Gasteiger partial charge in [0.05, 0.1) is 0 Å². The Morgan fingerprint density at radius 1 is 0.440 bits per heavy atom. The van der Waals surface area contributed by atoms with E-state index in [4.69, 9.17) is 24.4 Å². The fourth-order valence-electron chi connectivity index (χ4n) is 6.77. The first-order valence-electron chi connectivity index (χ1n) is 16.5. The first-order chi connectivity index (χ1) is 24.8. The minimum absolute atomic E-state index is 0.612. The van der Waals surface area contributed by atoms with Crippen molar-refractivity contribution in [2.45, 2.75) is 0 Å². The summed E-state index contributed by atoms with van der Waals surface area (Å²) in [5, 5.41) is 4.45. The van der Waals surface area contributed by atoms with Crippen molar-refractivity contribution >= 4 is 53.4 Å². The van der Waals surface area contributed by atoms with Crippen LogP contribution in [0.15, 0.2) is 162 Å². The molecule has 0 radical (unpaired) electrons. The molecule has 5 nitrogen and oxygen atoms in total. The zero-order chi connectivity index (χ0) is 33.0. The van der Waals surface area contributed by atoms with Crippen molar-refractivity contribution in [1.82, 2.24) is 19.9 Å². The molecule has 0 aliphatic rings. The van der Waals surface area contributed by atoms with Gasteiger partial charge in [0.2, 0.25) is 5.89 Å². The van der Waals surface area contributed by atoms with Crippen molar-refractivity contribution in [1.29, 1.82) is 0 Å². The number of rotatable bonds is 5. The highest BCUT2D eigenvalue weighted by Gasteiger charge is 2.21. The summed E-state index contributed by atoms with van der Waals surface area (Å²) in [6.07, 6.45) is 0. The number of nitrogens with zero attached hydrogens (tertiary/aromatic N) is 4. The van der Waals surface area contributed by atoms with Gasteiger partial charge in [-0.2, -0.15) is 0 Å². The summed E-state index contributed by atoms with van der Waals surface area (Å²) < 4.78 is 8.91. The predicted octanol–water partition coefficient (Wildman–Crippen LogP) is 11.9. The van der Waals surface area contributed by atoms with Gasteiger partial charge < -0.3 is 4.42 Å². The molecule has 0 unspecified atom stereocenters. The Kier molecular flexibility index (Phi) is 6.60. The molecule has 0 N–H and O–H groups in total. The molecule has 0 amide bonds. The lowest BCUT2D eigenvalue weighted by Crippen LogP contribution is -2.00. The predicted molar refractivity (Wildman–Crippen MR) is 205 cm³/mol. The van der Waals surface area contributed by atoms with E-state index in [0.29, 0.717) is 23.4 Å². The van der Waals surface area contributed by atoms with E-state index in [0.717, 1.165) is 60.6 Å². The number of thiophene rings is 1. The molecule has 10 aromatic rings. The van der Waals surface area contributed by atoms with Crippen molar-refractivity contribution in [3.8, 4) is 56.7 Å². The molecule has 0 aliphatic carbocycles. The van der Waals surface area contributed by atoms with Gasteiger partial charge in [0.1, 0.15) is 5.52 Å². The monoisotopic (exact) mass is 658 g/mol. The van der Waals surface area contributed by atoms with E-state index in [2.05, 4.69) is 66.7 Å². The molecule has 0 saturated heterocycles. The molecule has 0 aliphatic heterocycles. The highest BCUT2D eigenvalue weighted by Crippen LogP contribution is 2.46. The lowest BCUT2D eigenvalue weighted by Gasteiger charge is -2.13. The molecular formula is C44H26N4OS. The van der Waals surface area contributed by atoms with E-state index in [9.17, 15) is 0 Å². The van der Waals surface area contributed by atoms with Crippen LogP contribution in [-0.4, -0.2) is 19.9 Å². The largest absolute Gasteiger partial charge is 0.436 e. The van der Waals surface area contributed by atoms with Gasteiger partial charge in [-0.1, -0.05) is 121 Å². The molecule has 3 heterocycles. The van der Waals surface area contributed by atoms with Gasteiger partial charge in [-0.25, -0.2) is 19.9 Å². The topological polar surface area (TPSA) is 64.7 Å². The molecule has 6 heteroatoms. The fraction of sp³-hybridized carbons (Fsp3) is 0. The Morgan fingerprint density at radius 3 is 1.72 bits per heavy atom. The van der Waals surface area contributed by atoms with Crippen molar-refractivity contribution in [3.05, 3.63) is 158 Å². The molecule has 0 fully saturated rings. The van der Waals surface area contributed by atoms with Crippen LogP contribution in [0, 0.1) is 0 Å². The standard InChI is InChI=1S/C44H26N4OS/c1-4-14-27(15-5-1)41-46-42(28-16-6-2-7-17-28)48-43(47-41)35-25-31(24-30-20-10-11-21-32(30)35)34-26-36-39(45-44(49-36)29-18-8-3-9-19-29)38-33-22-12-13-23-37(33)50-40(34)38/h1-26H. The Balaban J connectivity index is 1.26. The highest BCUT2D eigenvalue weighted by molar-refractivity contribution is 7.26. The van der Waals surface area contributed by atoms with Crippen LogP contribution in [-0.2, 0) is 0 Å². The Hall–Kier alpha value is -6.50. The average molecular weight is 659 g/mol. The van der Waals surface area contributed by atoms with E-state index in [1.165, 1.54) is 14.8 Å². The van der Waals surface area contributed by atoms with Crippen LogP contribution in [0.3, 0.4) is 0 Å². The number of aromatic nitrogens is 4. The van der Waals surface area contributed by atoms with Gasteiger partial charge in [-0.3, -0.25) is 0 Å². The van der Waals surface area contributed by atoms with Gasteiger partial charge in [0.25, 0.3) is 0 Å². The summed E-state index contributed by atoms with van der Waals surface area (Å²) >= 11 is 1.79. The van der Waals surface area contributed by atoms with Gasteiger partial charge in [-0.15, -0.1) is 11.3 Å². The summed E-state index contributed by atoms with van der Waals surface area (Å²) in [6.45, 7) is 0. The smallest absolute Gasteiger partial charge is 0.227 e. The average Bonchev–Trinajstić information content (AvgIpc) is 3.80. The van der Waals surface area contributed by atoms with Crippen LogP contribution >= 0.6 is 11.3 Å². The van der Waals surface area contributed by atoms with Crippen molar-refractivity contribution < 1.29 is 4.42 Å². The van der Waals surface area contributed by atoms with Gasteiger partial charge in [0, 0.05) is 48.0 Å². The molecule has 0 bridgehead atoms. The molecule has 234 valence electrons. The highest BCUT2D eigenvalue weighted by atomic mass is 32.1. The summed E-state index contributed by atoms with van der Waals surface area (Å²) in [5.41, 5.74) is 7.52. The number of fused-ring (bicyclic) bond motifs is 6. The molecule has 3 aromatic heterocycles. The van der Waals surface area contributed by atoms with E-state index in [-0.39, 0.29) is 0 Å². The maximum absolute atomic E-state index is 6.54. The second kappa shape index (κ2) is 11.6. The summed E-state index contributed by atoms with van der Waals surface area (Å²) in [5.74, 6) is 2.50. The maximum Gasteiger partial charge on any atom is 0.227 e. The van der Waals surface area contributed by atoms with Gasteiger partial charge >= 0.3 is 0 Å². The SMILES string of the molecule is c1ccc(-c2nc(-c3ccccc3)nc(-c3cc(-c4cc5oc(-c6ccccc6)nc5c5c4sc4ccccc45)cc4ccccc34)n2)cc1. The van der Waals surface area contributed by atoms with Crippen LogP contribution in [0.1, 0.15) is 0 Å². The zero-order valence-electron chi connectivity index (χ0n) is 26.6. The van der Waals surface area contributed by atoms with Crippen molar-refractivity contribution in [2.24, 2.45) is 0 Å². The molecule has 7 aromatic carbocycles. The maximum atomic E-state index is 6.54. The summed E-state index contributed by atoms with van der Waals surface area (Å²) in [6, 6.07) is 53.9. The number of oxazole rings is 1. The molecule has 0 spiro atoms. The lowest BCUT2D eigenvalue weighted by molar-refractivity contribution is 0.620. The fourth-order valence-corrected chi connectivity index (χ4v) is 8.02. The zero-order valence-corrected chi connectivity index (χ0v) is 27.4. The Bertz CT molecular complexity index is 2810. The third-order valence-corrected chi connectivity index (χ3v) is 10.3. The van der Waals surface area contributed by atoms with E-state index in [1.54, 1.807) is 11.3 Å². The first-order valence-corrected chi connectivity index (χ1v) is 17.3. The number of hydrogen-bond acceptors (Lipinski definition) is 6. The van der Waals surface area contributed by atoms with Crippen LogP contribution in [0.25, 0.3) is 98.8 Å². The second-order valence-electron chi connectivity index (χ2n) is 12.2. The third-order valence-electron chi connectivity index (χ3n) is 9.14. The quantitative estimate of drug-likeness (QED) is 0.184. The van der Waals surface area contributed by atoms with Gasteiger partial charge in [0.15, 0.2) is 23.1 Å².